The number of amides is 2. The Morgan fingerprint density at radius 1 is 0.950 bits per heavy atom. The van der Waals surface area contributed by atoms with Crippen LogP contribution >= 0.6 is 0 Å². The number of sulfonamides is 1. The minimum Gasteiger partial charge on any atom is -0.352 e. The molecule has 1 aliphatic carbocycles. The number of carbonyl (C=O) groups excluding carboxylic acids is 2. The number of rotatable bonds is 11. The maximum atomic E-state index is 13.9. The van der Waals surface area contributed by atoms with Crippen molar-refractivity contribution < 1.29 is 22.9 Å². The van der Waals surface area contributed by atoms with Gasteiger partial charge in [0.2, 0.25) is 11.8 Å². The molecule has 1 N–H and O–H groups in total. The Bertz CT molecular complexity index is 1430. The summed E-state index contributed by atoms with van der Waals surface area (Å²) in [5.74, 6) is -0.889. The molecule has 0 spiro atoms. The van der Waals surface area contributed by atoms with Crippen LogP contribution in [-0.4, -0.2) is 48.7 Å². The lowest BCUT2D eigenvalue weighted by molar-refractivity contribution is -0.384. The second-order valence-electron chi connectivity index (χ2n) is 9.77. The molecule has 3 aromatic rings. The van der Waals surface area contributed by atoms with Crippen LogP contribution in [0.1, 0.15) is 38.2 Å². The molecule has 0 unspecified atom stereocenters. The largest absolute Gasteiger partial charge is 0.352 e. The zero-order chi connectivity index (χ0) is 28.7. The summed E-state index contributed by atoms with van der Waals surface area (Å²) in [6.07, 6.45) is 3.84. The molecule has 0 radical (unpaired) electrons. The van der Waals surface area contributed by atoms with Gasteiger partial charge < -0.3 is 10.2 Å². The fraction of sp³-hybridized carbons (Fsp3) is 0.310. The van der Waals surface area contributed by atoms with Gasteiger partial charge in [0.15, 0.2) is 0 Å². The highest BCUT2D eigenvalue weighted by Crippen LogP contribution is 2.26. The van der Waals surface area contributed by atoms with Gasteiger partial charge in [-0.15, -0.1) is 0 Å². The lowest BCUT2D eigenvalue weighted by Crippen LogP contribution is -2.52. The molecule has 0 heterocycles. The second kappa shape index (κ2) is 12.7. The molecule has 0 aliphatic heterocycles. The van der Waals surface area contributed by atoms with Gasteiger partial charge in [0, 0.05) is 24.7 Å². The Morgan fingerprint density at radius 3 is 2.10 bits per heavy atom. The number of non-ortho nitro benzene ring substituents is 1. The van der Waals surface area contributed by atoms with Crippen LogP contribution < -0.4 is 9.62 Å². The number of hydrogen-bond acceptors (Lipinski definition) is 6. The molecule has 1 atom stereocenters. The smallest absolute Gasteiger partial charge is 0.269 e. The fourth-order valence-corrected chi connectivity index (χ4v) is 6.18. The van der Waals surface area contributed by atoms with E-state index in [4.69, 9.17) is 0 Å². The quantitative estimate of drug-likeness (QED) is 0.274. The third-order valence-electron chi connectivity index (χ3n) is 7.02. The van der Waals surface area contributed by atoms with Gasteiger partial charge in [-0.25, -0.2) is 8.42 Å². The van der Waals surface area contributed by atoms with Crippen LogP contribution in [0.15, 0.2) is 89.8 Å². The summed E-state index contributed by atoms with van der Waals surface area (Å²) in [5, 5.41) is 14.2. The van der Waals surface area contributed by atoms with E-state index >= 15 is 0 Å². The van der Waals surface area contributed by atoms with Gasteiger partial charge in [-0.05, 0) is 49.6 Å². The fourth-order valence-electron chi connectivity index (χ4n) is 4.74. The summed E-state index contributed by atoms with van der Waals surface area (Å²) in [7, 11) is -4.24. The van der Waals surface area contributed by atoms with Crippen molar-refractivity contribution in [3.05, 3.63) is 101 Å². The molecule has 4 rings (SSSR count). The Hall–Kier alpha value is -4.25. The minimum absolute atomic E-state index is 0.0391. The van der Waals surface area contributed by atoms with Crippen molar-refractivity contribution in [1.82, 2.24) is 10.2 Å². The van der Waals surface area contributed by atoms with Gasteiger partial charge in [0.1, 0.15) is 12.6 Å². The topological polar surface area (TPSA) is 130 Å². The number of nitro benzene ring substituents is 1. The second-order valence-corrected chi connectivity index (χ2v) is 11.6. The molecule has 0 saturated heterocycles. The first-order valence-corrected chi connectivity index (χ1v) is 14.6. The van der Waals surface area contributed by atoms with E-state index in [-0.39, 0.29) is 34.8 Å². The number of nitrogens with one attached hydrogen (secondary N) is 1. The first kappa shape index (κ1) is 28.8. The van der Waals surface area contributed by atoms with E-state index in [1.54, 1.807) is 25.1 Å². The maximum absolute atomic E-state index is 13.9. The third-order valence-corrected chi connectivity index (χ3v) is 8.81. The van der Waals surface area contributed by atoms with Crippen LogP contribution in [-0.2, 0) is 26.2 Å². The number of nitrogens with zero attached hydrogens (tertiary/aromatic N) is 3. The Kier molecular flexibility index (Phi) is 9.15. The summed E-state index contributed by atoms with van der Waals surface area (Å²) in [5.41, 5.74) is 0.657. The molecule has 1 saturated carbocycles. The van der Waals surface area contributed by atoms with Crippen LogP contribution in [0.3, 0.4) is 0 Å². The number of anilines is 1. The van der Waals surface area contributed by atoms with E-state index in [0.717, 1.165) is 35.6 Å². The van der Waals surface area contributed by atoms with Crippen LogP contribution in [0.2, 0.25) is 0 Å². The Balaban J connectivity index is 1.67. The van der Waals surface area contributed by atoms with Crippen molar-refractivity contribution in [1.29, 1.82) is 0 Å². The van der Waals surface area contributed by atoms with Gasteiger partial charge >= 0.3 is 0 Å². The zero-order valence-corrected chi connectivity index (χ0v) is 23.0. The van der Waals surface area contributed by atoms with E-state index in [0.29, 0.717) is 0 Å². The molecule has 210 valence electrons. The molecule has 10 nitrogen and oxygen atoms in total. The van der Waals surface area contributed by atoms with Gasteiger partial charge in [0.25, 0.3) is 15.7 Å². The van der Waals surface area contributed by atoms with Crippen LogP contribution in [0, 0.1) is 10.1 Å². The lowest BCUT2D eigenvalue weighted by atomic mass is 10.1. The molecule has 0 bridgehead atoms. The number of carbonyl (C=O) groups is 2. The normalized spacial score (nSPS) is 14.3. The maximum Gasteiger partial charge on any atom is 0.269 e. The zero-order valence-electron chi connectivity index (χ0n) is 22.2. The monoisotopic (exact) mass is 564 g/mol. The van der Waals surface area contributed by atoms with E-state index in [9.17, 15) is 28.1 Å². The first-order chi connectivity index (χ1) is 19.2. The lowest BCUT2D eigenvalue weighted by Gasteiger charge is -2.32. The standard InChI is InChI=1S/C29H32N4O6S/c1-22(29(35)30-24-12-8-9-13-24)31(20-23-10-4-2-5-11-23)28(34)21-32(25-16-18-26(19-17-25)33(36)37)40(38,39)27-14-6-3-7-15-27/h2-7,10-11,14-19,22,24H,8-9,12-13,20-21H2,1H3,(H,30,35)/t22-/m0/s1. The SMILES string of the molecule is C[C@@H](C(=O)NC1CCCC1)N(Cc1ccccc1)C(=O)CN(c1ccc([N+](=O)[O-])cc1)S(=O)(=O)c1ccccc1. The van der Waals surface area contributed by atoms with Crippen molar-refractivity contribution in [3.63, 3.8) is 0 Å². The summed E-state index contributed by atoms with van der Waals surface area (Å²) >= 11 is 0. The van der Waals surface area contributed by atoms with E-state index in [1.807, 2.05) is 30.3 Å². The Morgan fingerprint density at radius 2 is 1.52 bits per heavy atom. The molecule has 3 aromatic carbocycles. The summed E-state index contributed by atoms with van der Waals surface area (Å²) in [4.78, 5) is 39.0. The summed E-state index contributed by atoms with van der Waals surface area (Å²) in [6, 6.07) is 20.9. The van der Waals surface area contributed by atoms with Gasteiger partial charge in [-0.1, -0.05) is 61.4 Å². The Labute approximate surface area is 233 Å². The third kappa shape index (κ3) is 6.84. The van der Waals surface area contributed by atoms with Crippen molar-refractivity contribution in [2.75, 3.05) is 10.8 Å². The molecule has 0 aromatic heterocycles. The molecule has 11 heteroatoms. The van der Waals surface area contributed by atoms with E-state index in [2.05, 4.69) is 5.32 Å². The summed E-state index contributed by atoms with van der Waals surface area (Å²) in [6.45, 7) is 1.12. The molecule has 40 heavy (non-hydrogen) atoms. The molecule has 1 aliphatic rings. The number of nitro groups is 1. The molecular formula is C29H32N4O6S. The van der Waals surface area contributed by atoms with Crippen LogP contribution in [0.5, 0.6) is 0 Å². The highest BCUT2D eigenvalue weighted by Gasteiger charge is 2.33. The highest BCUT2D eigenvalue weighted by atomic mass is 32.2. The minimum atomic E-state index is -4.24. The molecular weight excluding hydrogens is 532 g/mol. The van der Waals surface area contributed by atoms with Crippen LogP contribution in [0.4, 0.5) is 11.4 Å². The van der Waals surface area contributed by atoms with Gasteiger partial charge in [-0.2, -0.15) is 0 Å². The molecule has 1 fully saturated rings. The van der Waals surface area contributed by atoms with E-state index < -0.39 is 33.4 Å². The van der Waals surface area contributed by atoms with Crippen molar-refractivity contribution in [2.45, 2.75) is 56.1 Å². The average Bonchev–Trinajstić information content (AvgIpc) is 3.48. The first-order valence-electron chi connectivity index (χ1n) is 13.1. The van der Waals surface area contributed by atoms with Crippen molar-refractivity contribution in [2.24, 2.45) is 0 Å². The molecule has 2 amide bonds. The van der Waals surface area contributed by atoms with Gasteiger partial charge in [-0.3, -0.25) is 24.0 Å². The average molecular weight is 565 g/mol. The van der Waals surface area contributed by atoms with Crippen molar-refractivity contribution >= 4 is 33.2 Å². The summed E-state index contributed by atoms with van der Waals surface area (Å²) < 4.78 is 28.4. The number of benzene rings is 3. The predicted octanol–water partition coefficient (Wildman–Crippen LogP) is 4.27. The predicted molar refractivity (Wildman–Crippen MR) is 151 cm³/mol. The van der Waals surface area contributed by atoms with Gasteiger partial charge in [0.05, 0.1) is 15.5 Å². The van der Waals surface area contributed by atoms with Crippen LogP contribution in [0.25, 0.3) is 0 Å². The number of hydrogen-bond donors (Lipinski definition) is 1. The van der Waals surface area contributed by atoms with Crippen molar-refractivity contribution in [3.8, 4) is 0 Å². The van der Waals surface area contributed by atoms with E-state index in [1.165, 1.54) is 41.3 Å². The highest BCUT2D eigenvalue weighted by molar-refractivity contribution is 7.92.